The Kier molecular flexibility index (Phi) is 4.66. The number of aromatic nitrogens is 1. The highest BCUT2D eigenvalue weighted by molar-refractivity contribution is 6.03. The van der Waals surface area contributed by atoms with Crippen LogP contribution in [0.25, 0.3) is 10.9 Å². The minimum atomic E-state index is -0.389. The molecule has 0 unspecified atom stereocenters. The van der Waals surface area contributed by atoms with E-state index in [9.17, 15) is 4.79 Å². The number of benzene rings is 2. The van der Waals surface area contributed by atoms with Crippen LogP contribution >= 0.6 is 0 Å². The number of fused-ring (bicyclic) bond motifs is 1. The van der Waals surface area contributed by atoms with Crippen molar-refractivity contribution < 1.29 is 4.79 Å². The summed E-state index contributed by atoms with van der Waals surface area (Å²) in [6.07, 6.45) is 0. The lowest BCUT2D eigenvalue weighted by Gasteiger charge is -2.11. The molecule has 0 atom stereocenters. The second-order valence-electron chi connectivity index (χ2n) is 5.87. The van der Waals surface area contributed by atoms with E-state index in [-0.39, 0.29) is 11.6 Å². The van der Waals surface area contributed by atoms with E-state index < -0.39 is 0 Å². The standard InChI is InChI=1S/C20H20N4O/c1-13-7-10-16(11-8-13)22-14(2)19(21)20(25)24-18-12-9-15-5-3-4-6-17(15)23-18/h3-12,22H,21H2,1-2H3,(H,23,24,25)/b19-14-. The lowest BCUT2D eigenvalue weighted by atomic mass is 10.2. The molecule has 1 aromatic heterocycles. The van der Waals surface area contributed by atoms with Gasteiger partial charge in [-0.1, -0.05) is 35.9 Å². The Balaban J connectivity index is 1.74. The molecule has 5 nitrogen and oxygen atoms in total. The molecular formula is C20H20N4O. The van der Waals surface area contributed by atoms with Crippen LogP contribution in [0.3, 0.4) is 0 Å². The first-order chi connectivity index (χ1) is 12.0. The van der Waals surface area contributed by atoms with E-state index in [2.05, 4.69) is 15.6 Å². The van der Waals surface area contributed by atoms with Crippen LogP contribution in [0, 0.1) is 6.92 Å². The van der Waals surface area contributed by atoms with Crippen molar-refractivity contribution in [2.24, 2.45) is 5.73 Å². The number of aryl methyl sites for hydroxylation is 1. The van der Waals surface area contributed by atoms with E-state index in [1.807, 2.05) is 61.5 Å². The van der Waals surface area contributed by atoms with Crippen LogP contribution in [-0.2, 0) is 4.79 Å². The van der Waals surface area contributed by atoms with E-state index >= 15 is 0 Å². The normalized spacial score (nSPS) is 11.8. The summed E-state index contributed by atoms with van der Waals surface area (Å²) in [5.74, 6) is 0.0784. The number of rotatable bonds is 4. The molecule has 0 radical (unpaired) electrons. The molecule has 0 aliphatic carbocycles. The Morgan fingerprint density at radius 1 is 0.960 bits per heavy atom. The average Bonchev–Trinajstić information content (AvgIpc) is 2.62. The van der Waals surface area contributed by atoms with Crippen molar-refractivity contribution in [3.05, 3.63) is 77.6 Å². The third-order valence-corrected chi connectivity index (χ3v) is 3.87. The second-order valence-corrected chi connectivity index (χ2v) is 5.87. The molecule has 0 saturated heterocycles. The average molecular weight is 332 g/mol. The van der Waals surface area contributed by atoms with E-state index in [1.165, 1.54) is 5.56 Å². The number of para-hydroxylation sites is 1. The van der Waals surface area contributed by atoms with Gasteiger partial charge in [-0.2, -0.15) is 0 Å². The predicted octanol–water partition coefficient (Wildman–Crippen LogP) is 3.78. The number of anilines is 2. The smallest absolute Gasteiger partial charge is 0.274 e. The van der Waals surface area contributed by atoms with Crippen molar-refractivity contribution in [1.82, 2.24) is 4.98 Å². The van der Waals surface area contributed by atoms with Crippen molar-refractivity contribution in [3.8, 4) is 0 Å². The summed E-state index contributed by atoms with van der Waals surface area (Å²) in [6.45, 7) is 3.79. The van der Waals surface area contributed by atoms with Gasteiger partial charge < -0.3 is 16.4 Å². The van der Waals surface area contributed by atoms with Gasteiger partial charge in [0.15, 0.2) is 0 Å². The Morgan fingerprint density at radius 3 is 2.44 bits per heavy atom. The molecule has 126 valence electrons. The molecule has 5 heteroatoms. The molecule has 0 spiro atoms. The zero-order chi connectivity index (χ0) is 17.8. The molecule has 3 rings (SSSR count). The zero-order valence-corrected chi connectivity index (χ0v) is 14.2. The second kappa shape index (κ2) is 7.05. The number of hydrogen-bond acceptors (Lipinski definition) is 4. The fraction of sp³-hybridized carbons (Fsp3) is 0.100. The van der Waals surface area contributed by atoms with Gasteiger partial charge in [-0.15, -0.1) is 0 Å². The Bertz CT molecular complexity index is 945. The van der Waals surface area contributed by atoms with Gasteiger partial charge in [0.05, 0.1) is 5.52 Å². The molecule has 0 bridgehead atoms. The van der Waals surface area contributed by atoms with Gasteiger partial charge >= 0.3 is 0 Å². The minimum Gasteiger partial charge on any atom is -0.393 e. The number of pyridine rings is 1. The van der Waals surface area contributed by atoms with E-state index in [0.29, 0.717) is 11.5 Å². The maximum Gasteiger partial charge on any atom is 0.274 e. The largest absolute Gasteiger partial charge is 0.393 e. The molecule has 4 N–H and O–H groups in total. The van der Waals surface area contributed by atoms with E-state index in [1.54, 1.807) is 13.0 Å². The summed E-state index contributed by atoms with van der Waals surface area (Å²) in [5.41, 5.74) is 9.54. The summed E-state index contributed by atoms with van der Waals surface area (Å²) >= 11 is 0. The summed E-state index contributed by atoms with van der Waals surface area (Å²) < 4.78 is 0. The van der Waals surface area contributed by atoms with Crippen molar-refractivity contribution in [2.75, 3.05) is 10.6 Å². The topological polar surface area (TPSA) is 80.0 Å². The summed E-state index contributed by atoms with van der Waals surface area (Å²) in [5, 5.41) is 6.89. The number of allylic oxidation sites excluding steroid dienone is 1. The first-order valence-electron chi connectivity index (χ1n) is 8.00. The van der Waals surface area contributed by atoms with Gasteiger partial charge in [0.2, 0.25) is 0 Å². The molecule has 0 fully saturated rings. The molecule has 1 heterocycles. The van der Waals surface area contributed by atoms with E-state index in [0.717, 1.165) is 16.6 Å². The van der Waals surface area contributed by atoms with Gasteiger partial charge in [-0.05, 0) is 44.2 Å². The van der Waals surface area contributed by atoms with Gasteiger partial charge in [0, 0.05) is 16.8 Å². The van der Waals surface area contributed by atoms with Crippen molar-refractivity contribution in [1.29, 1.82) is 0 Å². The van der Waals surface area contributed by atoms with Crippen LogP contribution in [0.1, 0.15) is 12.5 Å². The van der Waals surface area contributed by atoms with Crippen molar-refractivity contribution in [3.63, 3.8) is 0 Å². The molecule has 2 aromatic carbocycles. The number of nitrogens with two attached hydrogens (primary N) is 1. The van der Waals surface area contributed by atoms with Gasteiger partial charge in [0.25, 0.3) is 5.91 Å². The minimum absolute atomic E-state index is 0.121. The van der Waals surface area contributed by atoms with Crippen LogP contribution in [0.5, 0.6) is 0 Å². The van der Waals surface area contributed by atoms with E-state index in [4.69, 9.17) is 5.73 Å². The third kappa shape index (κ3) is 3.95. The van der Waals surface area contributed by atoms with Crippen molar-refractivity contribution >= 4 is 28.3 Å². The highest BCUT2D eigenvalue weighted by Gasteiger charge is 2.11. The first-order valence-corrected chi connectivity index (χ1v) is 8.00. The lowest BCUT2D eigenvalue weighted by Crippen LogP contribution is -2.23. The number of nitrogens with zero attached hydrogens (tertiary/aromatic N) is 1. The molecule has 1 amide bonds. The molecule has 0 aliphatic rings. The maximum atomic E-state index is 12.4. The highest BCUT2D eigenvalue weighted by Crippen LogP contribution is 2.16. The summed E-state index contributed by atoms with van der Waals surface area (Å²) in [4.78, 5) is 16.8. The summed E-state index contributed by atoms with van der Waals surface area (Å²) in [7, 11) is 0. The summed E-state index contributed by atoms with van der Waals surface area (Å²) in [6, 6.07) is 19.3. The quantitative estimate of drug-likeness (QED) is 0.635. The number of carbonyl (C=O) groups is 1. The lowest BCUT2D eigenvalue weighted by molar-refractivity contribution is -0.113. The number of carbonyl (C=O) groups excluding carboxylic acids is 1. The number of amides is 1. The van der Waals surface area contributed by atoms with Crippen molar-refractivity contribution in [2.45, 2.75) is 13.8 Å². The number of nitrogens with one attached hydrogen (secondary N) is 2. The zero-order valence-electron chi connectivity index (χ0n) is 14.2. The Labute approximate surface area is 146 Å². The molecule has 25 heavy (non-hydrogen) atoms. The molecule has 0 aliphatic heterocycles. The van der Waals surface area contributed by atoms with Crippen LogP contribution in [0.4, 0.5) is 11.5 Å². The predicted molar refractivity (Wildman–Crippen MR) is 102 cm³/mol. The highest BCUT2D eigenvalue weighted by atomic mass is 16.2. The molecule has 0 saturated carbocycles. The Hall–Kier alpha value is -3.34. The van der Waals surface area contributed by atoms with Crippen LogP contribution in [0.2, 0.25) is 0 Å². The van der Waals surface area contributed by atoms with Gasteiger partial charge in [-0.3, -0.25) is 4.79 Å². The fourth-order valence-corrected chi connectivity index (χ4v) is 2.41. The monoisotopic (exact) mass is 332 g/mol. The SMILES string of the molecule is C/C(Nc1ccc(C)cc1)=C(/N)C(=O)Nc1ccc2ccccc2n1. The molecular weight excluding hydrogens is 312 g/mol. The maximum absolute atomic E-state index is 12.4. The van der Waals surface area contributed by atoms with Gasteiger partial charge in [0.1, 0.15) is 11.5 Å². The first kappa shape index (κ1) is 16.5. The fourth-order valence-electron chi connectivity index (χ4n) is 2.41. The molecule has 3 aromatic rings. The third-order valence-electron chi connectivity index (χ3n) is 3.87. The van der Waals surface area contributed by atoms with Crippen LogP contribution in [-0.4, -0.2) is 10.9 Å². The van der Waals surface area contributed by atoms with Gasteiger partial charge in [-0.25, -0.2) is 4.98 Å². The number of hydrogen-bond donors (Lipinski definition) is 3. The van der Waals surface area contributed by atoms with Crippen LogP contribution in [0.15, 0.2) is 72.1 Å². The Morgan fingerprint density at radius 2 is 1.68 bits per heavy atom. The van der Waals surface area contributed by atoms with Crippen LogP contribution < -0.4 is 16.4 Å².